The zero-order valence-corrected chi connectivity index (χ0v) is 41.6. The number of nitrogens with one attached hydrogen (secondary N) is 4. The Morgan fingerprint density at radius 1 is 0.603 bits per heavy atom. The number of methoxy groups -OCH3 is 4. The van der Waals surface area contributed by atoms with Crippen LogP contribution in [0.4, 0.5) is 26.7 Å². The molecule has 0 spiro atoms. The third-order valence-electron chi connectivity index (χ3n) is 13.8. The van der Waals surface area contributed by atoms with Crippen molar-refractivity contribution in [1.82, 2.24) is 20.4 Å². The van der Waals surface area contributed by atoms with Crippen LogP contribution in [0.1, 0.15) is 82.5 Å². The summed E-state index contributed by atoms with van der Waals surface area (Å²) in [5.74, 6) is -0.362. The number of rotatable bonds is 17. The van der Waals surface area contributed by atoms with Crippen molar-refractivity contribution in [1.29, 1.82) is 0 Å². The molecule has 68 heavy (non-hydrogen) atoms. The third kappa shape index (κ3) is 11.7. The van der Waals surface area contributed by atoms with Gasteiger partial charge in [0.1, 0.15) is 24.2 Å². The average molecular weight is 960 g/mol. The molecule has 6 amide bonds. The van der Waals surface area contributed by atoms with E-state index in [0.29, 0.717) is 50.1 Å². The molecule has 3 heterocycles. The van der Waals surface area contributed by atoms with E-state index in [1.165, 1.54) is 43.1 Å². The van der Waals surface area contributed by atoms with Crippen LogP contribution in [0.2, 0.25) is 0 Å². The predicted molar refractivity (Wildman–Crippen MR) is 263 cm³/mol. The highest BCUT2D eigenvalue weighted by Gasteiger charge is 2.42. The van der Waals surface area contributed by atoms with Gasteiger partial charge in [0.05, 0.1) is 38.5 Å². The van der Waals surface area contributed by atoms with Crippen molar-refractivity contribution in [3.63, 3.8) is 0 Å². The molecule has 18 heteroatoms. The lowest BCUT2D eigenvalue weighted by atomic mass is 10.0. The number of hydrogen-bond donors (Lipinski definition) is 4. The molecule has 3 aromatic rings. The summed E-state index contributed by atoms with van der Waals surface area (Å²) < 4.78 is 20.2. The largest absolute Gasteiger partial charge is 0.453 e. The third-order valence-corrected chi connectivity index (χ3v) is 16.8. The minimum Gasteiger partial charge on any atom is -0.453 e. The molecular formula is C50H69N7O10S. The van der Waals surface area contributed by atoms with E-state index in [0.717, 1.165) is 35.4 Å². The van der Waals surface area contributed by atoms with E-state index in [-0.39, 0.29) is 23.9 Å². The molecule has 3 fully saturated rings. The second kappa shape index (κ2) is 23.0. The molecule has 0 radical (unpaired) electrons. The molecule has 0 unspecified atom stereocenters. The number of amides is 6. The number of hydrogen-bond acceptors (Lipinski definition) is 11. The SMILES string of the molecule is CCS(C)(C)c1ccc(N2[C@H](c3ccc(NC(=O)[C@@H]4CCCN4C(=O)[C@@H](NC(=O)OC)[C@@H](C)OC)cc3)CC[C@H]2c2ccc(NC(=O)[C@@H]3CCCN3C(=O)[C@@H](NC(=O)OC)[C@@H](C)OC)cc2)cc1. The first-order chi connectivity index (χ1) is 32.5. The van der Waals surface area contributed by atoms with Crippen LogP contribution in [-0.2, 0) is 38.1 Å². The minimum atomic E-state index is -1.02. The number of benzene rings is 3. The van der Waals surface area contributed by atoms with Crippen molar-refractivity contribution in [3.05, 3.63) is 83.9 Å². The van der Waals surface area contributed by atoms with Gasteiger partial charge in [-0.2, -0.15) is 0 Å². The molecule has 0 aliphatic carbocycles. The number of ether oxygens (including phenoxy) is 4. The number of anilines is 3. The topological polar surface area (TPSA) is 197 Å². The monoisotopic (exact) mass is 959 g/mol. The van der Waals surface area contributed by atoms with Gasteiger partial charge in [-0.25, -0.2) is 19.6 Å². The van der Waals surface area contributed by atoms with E-state index in [2.05, 4.69) is 69.9 Å². The summed E-state index contributed by atoms with van der Waals surface area (Å²) in [5.41, 5.74) is 4.46. The second-order valence-electron chi connectivity index (χ2n) is 18.0. The standard InChI is InChI=1S/C50H69N7O10S/c1-10-68(8,9)38-25-23-37(24-26-38)57-39(33-15-19-35(20-16-33)51-45(58)41-13-11-29-55(41)47(60)43(31(2)64-4)53-49(62)66-6)27-28-40(57)34-17-21-36(22-18-34)52-46(59)42-14-12-30-56(42)48(61)44(32(3)65-5)54-50(63)67-7/h15-26,31-32,39-44H,10-14,27-30H2,1-9H3,(H,51,58)(H,52,59)(H,53,62)(H,54,63)/t31-,32-,39+,40+,41+,42+,43+,44+/m1/s1. The summed E-state index contributed by atoms with van der Waals surface area (Å²) >= 11 is 0. The van der Waals surface area contributed by atoms with Crippen molar-refractivity contribution in [2.24, 2.45) is 0 Å². The molecule has 8 atom stereocenters. The van der Waals surface area contributed by atoms with Gasteiger partial charge in [-0.15, -0.1) is 0 Å². The maximum atomic E-state index is 13.7. The van der Waals surface area contributed by atoms with Gasteiger partial charge in [0, 0.05) is 44.4 Å². The summed E-state index contributed by atoms with van der Waals surface area (Å²) in [7, 11) is 4.40. The lowest BCUT2D eigenvalue weighted by Crippen LogP contribution is -2.56. The highest BCUT2D eigenvalue weighted by molar-refractivity contribution is 8.32. The highest BCUT2D eigenvalue weighted by atomic mass is 32.3. The minimum absolute atomic E-state index is 0.00990. The number of nitrogens with zero attached hydrogens (tertiary/aromatic N) is 3. The lowest BCUT2D eigenvalue weighted by Gasteiger charge is -2.35. The summed E-state index contributed by atoms with van der Waals surface area (Å²) in [6, 6.07) is 21.2. The number of carbonyl (C=O) groups excluding carboxylic acids is 6. The van der Waals surface area contributed by atoms with Crippen LogP contribution in [0.15, 0.2) is 77.7 Å². The Balaban J connectivity index is 1.18. The van der Waals surface area contributed by atoms with Crippen LogP contribution in [0.3, 0.4) is 0 Å². The molecular weight excluding hydrogens is 891 g/mol. The Hall–Kier alpha value is -5.85. The van der Waals surface area contributed by atoms with Crippen LogP contribution in [-0.4, -0.2) is 142 Å². The van der Waals surface area contributed by atoms with Crippen molar-refractivity contribution in [2.45, 2.75) is 113 Å². The second-order valence-corrected chi connectivity index (χ2v) is 22.2. The molecule has 0 saturated carbocycles. The fraction of sp³-hybridized carbons (Fsp3) is 0.520. The molecule has 3 aliphatic heterocycles. The fourth-order valence-electron chi connectivity index (χ4n) is 9.37. The predicted octanol–water partition coefficient (Wildman–Crippen LogP) is 6.59. The van der Waals surface area contributed by atoms with E-state index in [9.17, 15) is 28.8 Å². The Bertz CT molecular complexity index is 2120. The van der Waals surface area contributed by atoms with Gasteiger partial charge in [-0.1, -0.05) is 31.2 Å². The molecule has 3 aliphatic rings. The zero-order chi connectivity index (χ0) is 49.3. The lowest BCUT2D eigenvalue weighted by molar-refractivity contribution is -0.141. The maximum absolute atomic E-state index is 13.7. The van der Waals surface area contributed by atoms with Crippen LogP contribution < -0.4 is 26.2 Å². The van der Waals surface area contributed by atoms with Crippen LogP contribution in [0.25, 0.3) is 0 Å². The van der Waals surface area contributed by atoms with Crippen molar-refractivity contribution in [2.75, 3.05) is 75.3 Å². The zero-order valence-electron chi connectivity index (χ0n) is 40.7. The van der Waals surface area contributed by atoms with E-state index in [1.54, 1.807) is 13.8 Å². The van der Waals surface area contributed by atoms with Gasteiger partial charge in [0.15, 0.2) is 0 Å². The maximum Gasteiger partial charge on any atom is 0.407 e. The Labute approximate surface area is 401 Å². The smallest absolute Gasteiger partial charge is 0.407 e. The Kier molecular flexibility index (Phi) is 17.4. The number of likely N-dealkylation sites (tertiary alicyclic amines) is 2. The normalized spacial score (nSPS) is 21.3. The van der Waals surface area contributed by atoms with Gasteiger partial charge in [0.25, 0.3) is 0 Å². The molecule has 4 N–H and O–H groups in total. The average Bonchev–Trinajstić information content (AvgIpc) is 4.16. The van der Waals surface area contributed by atoms with Crippen LogP contribution >= 0.6 is 10.0 Å². The van der Waals surface area contributed by atoms with Gasteiger partial charge >= 0.3 is 12.2 Å². The van der Waals surface area contributed by atoms with E-state index in [1.807, 2.05) is 48.5 Å². The van der Waals surface area contributed by atoms with Crippen molar-refractivity contribution in [3.8, 4) is 0 Å². The van der Waals surface area contributed by atoms with Crippen molar-refractivity contribution < 1.29 is 47.7 Å². The number of carbonyl (C=O) groups is 6. The Morgan fingerprint density at radius 2 is 1.00 bits per heavy atom. The van der Waals surface area contributed by atoms with Gasteiger partial charge in [-0.05, 0) is 135 Å². The molecule has 6 rings (SSSR count). The summed E-state index contributed by atoms with van der Waals surface area (Å²) in [6.45, 7) is 6.32. The first-order valence-electron chi connectivity index (χ1n) is 23.3. The highest BCUT2D eigenvalue weighted by Crippen LogP contribution is 2.51. The molecule has 370 valence electrons. The molecule has 3 aromatic carbocycles. The summed E-state index contributed by atoms with van der Waals surface area (Å²) in [6.07, 6.45) is 5.80. The fourth-order valence-corrected chi connectivity index (χ4v) is 10.6. The van der Waals surface area contributed by atoms with Gasteiger partial charge < -0.3 is 54.9 Å². The summed E-state index contributed by atoms with van der Waals surface area (Å²) in [5, 5.41) is 11.2. The van der Waals surface area contributed by atoms with Crippen molar-refractivity contribution >= 4 is 62.9 Å². The van der Waals surface area contributed by atoms with Gasteiger partial charge in [0.2, 0.25) is 23.6 Å². The van der Waals surface area contributed by atoms with Crippen LogP contribution in [0, 0.1) is 0 Å². The van der Waals surface area contributed by atoms with Crippen LogP contribution in [0.5, 0.6) is 0 Å². The first kappa shape index (κ1) is 51.5. The molecule has 17 nitrogen and oxygen atoms in total. The van der Waals surface area contributed by atoms with E-state index >= 15 is 0 Å². The van der Waals surface area contributed by atoms with E-state index < -0.39 is 70.4 Å². The van der Waals surface area contributed by atoms with E-state index in [4.69, 9.17) is 18.9 Å². The quantitative estimate of drug-likeness (QED) is 0.114. The number of alkyl carbamates (subject to hydrolysis) is 2. The van der Waals surface area contributed by atoms with Gasteiger partial charge in [-0.3, -0.25) is 19.2 Å². The summed E-state index contributed by atoms with van der Waals surface area (Å²) in [4.78, 5) is 85.8. The molecule has 0 aromatic heterocycles. The Morgan fingerprint density at radius 3 is 1.35 bits per heavy atom. The molecule has 3 saturated heterocycles. The molecule has 0 bridgehead atoms. The first-order valence-corrected chi connectivity index (χ1v) is 25.9.